The van der Waals surface area contributed by atoms with Gasteiger partial charge in [-0.25, -0.2) is 0 Å². The zero-order chi connectivity index (χ0) is 9.90. The fourth-order valence-electron chi connectivity index (χ4n) is 1.76. The van der Waals surface area contributed by atoms with Crippen molar-refractivity contribution in [1.29, 1.82) is 0 Å². The maximum absolute atomic E-state index is 11.2. The van der Waals surface area contributed by atoms with Crippen LogP contribution >= 0.6 is 0 Å². The fourth-order valence-corrected chi connectivity index (χ4v) is 1.76. The van der Waals surface area contributed by atoms with E-state index in [0.717, 1.165) is 12.8 Å². The van der Waals surface area contributed by atoms with Crippen molar-refractivity contribution < 1.29 is 9.53 Å². The lowest BCUT2D eigenvalue weighted by atomic mass is 9.88. The molecule has 1 rings (SSSR count). The van der Waals surface area contributed by atoms with Gasteiger partial charge in [0.05, 0.1) is 5.54 Å². The molecule has 1 amide bonds. The Labute approximate surface area is 79.0 Å². The van der Waals surface area contributed by atoms with Gasteiger partial charge in [0, 0.05) is 33.7 Å². The van der Waals surface area contributed by atoms with Crippen molar-refractivity contribution in [2.75, 3.05) is 26.8 Å². The second kappa shape index (κ2) is 4.07. The highest BCUT2D eigenvalue weighted by Crippen LogP contribution is 2.25. The van der Waals surface area contributed by atoms with E-state index in [1.807, 2.05) is 7.05 Å². The third kappa shape index (κ3) is 2.00. The minimum Gasteiger partial charge on any atom is -0.381 e. The molecule has 1 aliphatic heterocycles. The Bertz CT molecular complexity index is 188. The summed E-state index contributed by atoms with van der Waals surface area (Å²) in [5, 5.41) is 0. The molecule has 1 fully saturated rings. The number of amides is 1. The lowest BCUT2D eigenvalue weighted by molar-refractivity contribution is -0.136. The van der Waals surface area contributed by atoms with Gasteiger partial charge in [0.25, 0.3) is 0 Å². The van der Waals surface area contributed by atoms with Crippen molar-refractivity contribution in [3.8, 4) is 0 Å². The average molecular weight is 186 g/mol. The van der Waals surface area contributed by atoms with Crippen LogP contribution in [-0.2, 0) is 9.53 Å². The van der Waals surface area contributed by atoms with Crippen LogP contribution in [0.4, 0.5) is 0 Å². The molecule has 0 bridgehead atoms. The Balaban J connectivity index is 2.72. The van der Waals surface area contributed by atoms with Gasteiger partial charge in [0.15, 0.2) is 0 Å². The summed E-state index contributed by atoms with van der Waals surface area (Å²) in [7, 11) is 1.82. The molecule has 1 heterocycles. The lowest BCUT2D eigenvalue weighted by Crippen LogP contribution is -2.56. The van der Waals surface area contributed by atoms with Gasteiger partial charge < -0.3 is 15.4 Å². The van der Waals surface area contributed by atoms with Gasteiger partial charge in [-0.2, -0.15) is 0 Å². The van der Waals surface area contributed by atoms with Gasteiger partial charge in [-0.1, -0.05) is 0 Å². The van der Waals surface area contributed by atoms with Crippen molar-refractivity contribution in [3.05, 3.63) is 0 Å². The van der Waals surface area contributed by atoms with Crippen molar-refractivity contribution in [2.45, 2.75) is 25.3 Å². The zero-order valence-corrected chi connectivity index (χ0v) is 8.38. The molecule has 4 heteroatoms. The number of carbonyl (C=O) groups excluding carboxylic acids is 1. The summed E-state index contributed by atoms with van der Waals surface area (Å²) in [4.78, 5) is 13.0. The van der Waals surface area contributed by atoms with E-state index in [9.17, 15) is 4.79 Å². The first-order chi connectivity index (χ1) is 6.12. The molecule has 0 radical (unpaired) electrons. The Morgan fingerprint density at radius 3 is 2.46 bits per heavy atom. The van der Waals surface area contributed by atoms with Gasteiger partial charge in [-0.05, 0) is 12.8 Å². The molecule has 76 valence electrons. The van der Waals surface area contributed by atoms with Crippen LogP contribution in [0.5, 0.6) is 0 Å². The van der Waals surface area contributed by atoms with Crippen LogP contribution in [0, 0.1) is 0 Å². The van der Waals surface area contributed by atoms with Gasteiger partial charge in [0.1, 0.15) is 0 Å². The lowest BCUT2D eigenvalue weighted by Gasteiger charge is -2.43. The van der Waals surface area contributed by atoms with Crippen LogP contribution in [0.25, 0.3) is 0 Å². The van der Waals surface area contributed by atoms with Gasteiger partial charge in [-0.3, -0.25) is 4.79 Å². The molecule has 0 unspecified atom stereocenters. The minimum absolute atomic E-state index is 0.0763. The van der Waals surface area contributed by atoms with Gasteiger partial charge in [-0.15, -0.1) is 0 Å². The molecule has 0 aromatic rings. The predicted octanol–water partition coefficient (Wildman–Crippen LogP) is -0.0274. The Morgan fingerprint density at radius 2 is 2.08 bits per heavy atom. The molecule has 1 aliphatic rings. The first-order valence-corrected chi connectivity index (χ1v) is 4.64. The molecule has 13 heavy (non-hydrogen) atoms. The predicted molar refractivity (Wildman–Crippen MR) is 50.3 cm³/mol. The van der Waals surface area contributed by atoms with Crippen molar-refractivity contribution in [2.24, 2.45) is 5.73 Å². The van der Waals surface area contributed by atoms with E-state index < -0.39 is 0 Å². The van der Waals surface area contributed by atoms with E-state index in [2.05, 4.69) is 0 Å². The Kier molecular flexibility index (Phi) is 3.27. The first kappa shape index (κ1) is 10.5. The van der Waals surface area contributed by atoms with E-state index in [4.69, 9.17) is 10.5 Å². The van der Waals surface area contributed by atoms with Crippen LogP contribution in [0.2, 0.25) is 0 Å². The monoisotopic (exact) mass is 186 g/mol. The average Bonchev–Trinajstić information content (AvgIpc) is 2.17. The van der Waals surface area contributed by atoms with Gasteiger partial charge in [0.2, 0.25) is 5.91 Å². The van der Waals surface area contributed by atoms with E-state index in [1.165, 1.54) is 0 Å². The molecule has 0 aromatic carbocycles. The molecular formula is C9H18N2O2. The summed E-state index contributed by atoms with van der Waals surface area (Å²) in [6, 6.07) is 0. The first-order valence-electron chi connectivity index (χ1n) is 4.64. The van der Waals surface area contributed by atoms with E-state index >= 15 is 0 Å². The van der Waals surface area contributed by atoms with Crippen molar-refractivity contribution in [1.82, 2.24) is 4.90 Å². The number of likely N-dealkylation sites (N-methyl/N-ethyl adjacent to an activating group) is 1. The SMILES string of the molecule is CC(=O)N(C)C1(CN)CCOCC1. The molecule has 2 N–H and O–H groups in total. The van der Waals surface area contributed by atoms with E-state index in [-0.39, 0.29) is 11.4 Å². The van der Waals surface area contributed by atoms with Crippen molar-refractivity contribution in [3.63, 3.8) is 0 Å². The highest BCUT2D eigenvalue weighted by molar-refractivity contribution is 5.73. The zero-order valence-electron chi connectivity index (χ0n) is 8.38. The number of rotatable bonds is 2. The summed E-state index contributed by atoms with van der Waals surface area (Å²) < 4.78 is 5.26. The molecular weight excluding hydrogens is 168 g/mol. The molecule has 1 saturated heterocycles. The van der Waals surface area contributed by atoms with Crippen LogP contribution < -0.4 is 5.73 Å². The topological polar surface area (TPSA) is 55.6 Å². The molecule has 4 nitrogen and oxygen atoms in total. The molecule has 0 aliphatic carbocycles. The number of nitrogens with two attached hydrogens (primary N) is 1. The third-order valence-electron chi connectivity index (χ3n) is 2.99. The maximum atomic E-state index is 11.2. The molecule has 0 atom stereocenters. The Hall–Kier alpha value is -0.610. The van der Waals surface area contributed by atoms with Crippen molar-refractivity contribution >= 4 is 5.91 Å². The molecule has 0 spiro atoms. The fraction of sp³-hybridized carbons (Fsp3) is 0.889. The summed E-state index contributed by atoms with van der Waals surface area (Å²) in [6.45, 7) is 3.50. The van der Waals surface area contributed by atoms with Crippen LogP contribution in [-0.4, -0.2) is 43.2 Å². The largest absolute Gasteiger partial charge is 0.381 e. The molecule has 0 aromatic heterocycles. The number of ether oxygens (including phenoxy) is 1. The van der Waals surface area contributed by atoms with E-state index in [0.29, 0.717) is 19.8 Å². The van der Waals surface area contributed by atoms with Crippen LogP contribution in [0.15, 0.2) is 0 Å². The van der Waals surface area contributed by atoms with Crippen LogP contribution in [0.3, 0.4) is 0 Å². The number of nitrogens with zero attached hydrogens (tertiary/aromatic N) is 1. The Morgan fingerprint density at radius 1 is 1.54 bits per heavy atom. The summed E-state index contributed by atoms with van der Waals surface area (Å²) in [6.07, 6.45) is 1.69. The highest BCUT2D eigenvalue weighted by atomic mass is 16.5. The van der Waals surface area contributed by atoms with E-state index in [1.54, 1.807) is 11.8 Å². The third-order valence-corrected chi connectivity index (χ3v) is 2.99. The standard InChI is InChI=1S/C9H18N2O2/c1-8(12)11(2)9(7-10)3-5-13-6-4-9/h3-7,10H2,1-2H3. The van der Waals surface area contributed by atoms with Gasteiger partial charge >= 0.3 is 0 Å². The summed E-state index contributed by atoms with van der Waals surface area (Å²) >= 11 is 0. The normalized spacial score (nSPS) is 21.2. The number of hydrogen-bond donors (Lipinski definition) is 1. The molecule has 0 saturated carbocycles. The quantitative estimate of drug-likeness (QED) is 0.659. The summed E-state index contributed by atoms with van der Waals surface area (Å²) in [5.74, 6) is 0.0763. The number of hydrogen-bond acceptors (Lipinski definition) is 3. The minimum atomic E-state index is -0.163. The van der Waals surface area contributed by atoms with Crippen LogP contribution in [0.1, 0.15) is 19.8 Å². The second-order valence-electron chi connectivity index (χ2n) is 3.62. The highest BCUT2D eigenvalue weighted by Gasteiger charge is 2.36. The number of carbonyl (C=O) groups is 1. The smallest absolute Gasteiger partial charge is 0.219 e. The maximum Gasteiger partial charge on any atom is 0.219 e. The summed E-state index contributed by atoms with van der Waals surface area (Å²) in [5.41, 5.74) is 5.56. The second-order valence-corrected chi connectivity index (χ2v) is 3.62.